The molecule has 138 valence electrons. The molecule has 0 aliphatic carbocycles. The highest BCUT2D eigenvalue weighted by Crippen LogP contribution is 2.24. The number of nitrogens with zero attached hydrogens (tertiary/aromatic N) is 3. The van der Waals surface area contributed by atoms with E-state index >= 15 is 0 Å². The number of aryl methyl sites for hydroxylation is 1. The molecular weight excluding hydrogens is 334 g/mol. The molecule has 7 nitrogen and oxygen atoms in total. The highest BCUT2D eigenvalue weighted by Gasteiger charge is 2.28. The van der Waals surface area contributed by atoms with E-state index in [1.54, 1.807) is 19.5 Å². The molecule has 1 aliphatic rings. The van der Waals surface area contributed by atoms with Gasteiger partial charge in [-0.3, -0.25) is 4.79 Å². The minimum atomic E-state index is -0.0921. The van der Waals surface area contributed by atoms with E-state index in [0.717, 1.165) is 17.7 Å². The zero-order valence-electron chi connectivity index (χ0n) is 15.1. The van der Waals surface area contributed by atoms with Crippen molar-refractivity contribution in [2.24, 2.45) is 0 Å². The predicted molar refractivity (Wildman–Crippen MR) is 95.5 cm³/mol. The second kappa shape index (κ2) is 8.51. The fourth-order valence-corrected chi connectivity index (χ4v) is 2.94. The molecule has 0 saturated carbocycles. The van der Waals surface area contributed by atoms with E-state index in [1.165, 1.54) is 7.11 Å². The van der Waals surface area contributed by atoms with Gasteiger partial charge in [0.15, 0.2) is 0 Å². The molecule has 1 saturated heterocycles. The second-order valence-corrected chi connectivity index (χ2v) is 6.09. The Balaban J connectivity index is 1.49. The van der Waals surface area contributed by atoms with Crippen LogP contribution < -0.4 is 14.2 Å². The van der Waals surface area contributed by atoms with Crippen LogP contribution in [0.25, 0.3) is 0 Å². The van der Waals surface area contributed by atoms with Gasteiger partial charge in [0.05, 0.1) is 20.8 Å². The zero-order chi connectivity index (χ0) is 18.4. The molecule has 0 radical (unpaired) electrons. The van der Waals surface area contributed by atoms with Crippen LogP contribution in [0.3, 0.4) is 0 Å². The summed E-state index contributed by atoms with van der Waals surface area (Å²) in [6.45, 7) is 1.25. The monoisotopic (exact) mass is 357 g/mol. The lowest BCUT2D eigenvalue weighted by atomic mass is 10.1. The molecule has 0 N–H and O–H groups in total. The highest BCUT2D eigenvalue weighted by molar-refractivity contribution is 5.76. The van der Waals surface area contributed by atoms with Gasteiger partial charge in [0.2, 0.25) is 5.91 Å². The standard InChI is InChI=1S/C19H23N3O4/c1-24-15-6-3-14(4-7-15)5-8-17(23)22-12-9-16(13-22)26-19-18(25-2)20-10-11-21-19/h3-4,6-7,10-11,16H,5,8-9,12-13H2,1-2H3/t16-/m1/s1. The van der Waals surface area contributed by atoms with Gasteiger partial charge >= 0.3 is 0 Å². The molecule has 7 heteroatoms. The van der Waals surface area contributed by atoms with Gasteiger partial charge in [0.25, 0.3) is 11.8 Å². The summed E-state index contributed by atoms with van der Waals surface area (Å²) in [4.78, 5) is 22.5. The minimum Gasteiger partial charge on any atom is -0.497 e. The van der Waals surface area contributed by atoms with Crippen LogP contribution in [-0.2, 0) is 11.2 Å². The predicted octanol–water partition coefficient (Wildman–Crippen LogP) is 2.11. The summed E-state index contributed by atoms with van der Waals surface area (Å²) in [5.41, 5.74) is 1.12. The number of ether oxygens (including phenoxy) is 3. The Morgan fingerprint density at radius 3 is 2.54 bits per heavy atom. The number of rotatable bonds is 7. The third kappa shape index (κ3) is 4.41. The Labute approximate surface area is 152 Å². The van der Waals surface area contributed by atoms with E-state index in [9.17, 15) is 4.79 Å². The van der Waals surface area contributed by atoms with E-state index in [4.69, 9.17) is 14.2 Å². The number of carbonyl (C=O) groups excluding carboxylic acids is 1. The van der Waals surface area contributed by atoms with Crippen molar-refractivity contribution in [3.05, 3.63) is 42.2 Å². The van der Waals surface area contributed by atoms with Crippen LogP contribution in [0.2, 0.25) is 0 Å². The molecule has 2 heterocycles. The van der Waals surface area contributed by atoms with E-state index in [0.29, 0.717) is 37.7 Å². The molecule has 3 rings (SSSR count). The number of hydrogen-bond acceptors (Lipinski definition) is 6. The van der Waals surface area contributed by atoms with Crippen molar-refractivity contribution in [1.82, 2.24) is 14.9 Å². The van der Waals surface area contributed by atoms with Gasteiger partial charge in [0.1, 0.15) is 11.9 Å². The van der Waals surface area contributed by atoms with Crippen LogP contribution in [0.15, 0.2) is 36.7 Å². The fraction of sp³-hybridized carbons (Fsp3) is 0.421. The Morgan fingerprint density at radius 2 is 1.85 bits per heavy atom. The van der Waals surface area contributed by atoms with Gasteiger partial charge in [-0.05, 0) is 24.1 Å². The molecule has 0 spiro atoms. The lowest BCUT2D eigenvalue weighted by Gasteiger charge is -2.17. The average Bonchev–Trinajstić information content (AvgIpc) is 3.15. The molecular formula is C19H23N3O4. The van der Waals surface area contributed by atoms with E-state index in [1.807, 2.05) is 29.2 Å². The van der Waals surface area contributed by atoms with Crippen molar-refractivity contribution >= 4 is 5.91 Å². The zero-order valence-corrected chi connectivity index (χ0v) is 15.1. The van der Waals surface area contributed by atoms with Gasteiger partial charge in [-0.15, -0.1) is 0 Å². The quantitative estimate of drug-likeness (QED) is 0.756. The maximum Gasteiger partial charge on any atom is 0.278 e. The lowest BCUT2D eigenvalue weighted by Crippen LogP contribution is -2.31. The van der Waals surface area contributed by atoms with E-state index in [-0.39, 0.29) is 12.0 Å². The van der Waals surface area contributed by atoms with E-state index in [2.05, 4.69) is 9.97 Å². The third-order valence-corrected chi connectivity index (χ3v) is 4.39. The van der Waals surface area contributed by atoms with Gasteiger partial charge in [-0.25, -0.2) is 9.97 Å². The summed E-state index contributed by atoms with van der Waals surface area (Å²) in [7, 11) is 3.17. The Kier molecular flexibility index (Phi) is 5.88. The van der Waals surface area contributed by atoms with Crippen LogP contribution >= 0.6 is 0 Å². The van der Waals surface area contributed by atoms with Crippen LogP contribution in [0.5, 0.6) is 17.5 Å². The van der Waals surface area contributed by atoms with Crippen LogP contribution in [0.4, 0.5) is 0 Å². The Morgan fingerprint density at radius 1 is 1.12 bits per heavy atom. The summed E-state index contributed by atoms with van der Waals surface area (Å²) in [6, 6.07) is 7.80. The average molecular weight is 357 g/mol. The molecule has 1 amide bonds. The van der Waals surface area contributed by atoms with Gasteiger partial charge in [-0.2, -0.15) is 0 Å². The number of likely N-dealkylation sites (tertiary alicyclic amines) is 1. The first-order valence-electron chi connectivity index (χ1n) is 8.62. The normalized spacial score (nSPS) is 16.4. The molecule has 2 aromatic rings. The Bertz CT molecular complexity index is 736. The van der Waals surface area contributed by atoms with Gasteiger partial charge in [0, 0.05) is 31.8 Å². The molecule has 0 bridgehead atoms. The number of hydrogen-bond donors (Lipinski definition) is 0. The minimum absolute atomic E-state index is 0.0921. The topological polar surface area (TPSA) is 73.8 Å². The number of aromatic nitrogens is 2. The lowest BCUT2D eigenvalue weighted by molar-refractivity contribution is -0.130. The molecule has 26 heavy (non-hydrogen) atoms. The first kappa shape index (κ1) is 18.0. The Hall–Kier alpha value is -2.83. The largest absolute Gasteiger partial charge is 0.497 e. The molecule has 1 fully saturated rings. The van der Waals surface area contributed by atoms with Crippen molar-refractivity contribution < 1.29 is 19.0 Å². The van der Waals surface area contributed by atoms with Crippen molar-refractivity contribution in [3.63, 3.8) is 0 Å². The van der Waals surface area contributed by atoms with Gasteiger partial charge < -0.3 is 19.1 Å². The maximum atomic E-state index is 12.5. The summed E-state index contributed by atoms with van der Waals surface area (Å²) >= 11 is 0. The smallest absolute Gasteiger partial charge is 0.278 e. The SMILES string of the molecule is COc1ccc(CCC(=O)N2CC[C@@H](Oc3nccnc3OC)C2)cc1. The fourth-order valence-electron chi connectivity index (χ4n) is 2.94. The third-order valence-electron chi connectivity index (χ3n) is 4.39. The number of amides is 1. The van der Waals surface area contributed by atoms with Crippen LogP contribution in [-0.4, -0.2) is 54.2 Å². The van der Waals surface area contributed by atoms with Gasteiger partial charge in [-0.1, -0.05) is 12.1 Å². The highest BCUT2D eigenvalue weighted by atomic mass is 16.5. The molecule has 0 unspecified atom stereocenters. The van der Waals surface area contributed by atoms with Crippen LogP contribution in [0.1, 0.15) is 18.4 Å². The molecule has 1 atom stereocenters. The first-order chi connectivity index (χ1) is 12.7. The van der Waals surface area contributed by atoms with Crippen molar-refractivity contribution in [2.75, 3.05) is 27.3 Å². The number of benzene rings is 1. The second-order valence-electron chi connectivity index (χ2n) is 6.09. The molecule has 1 aliphatic heterocycles. The van der Waals surface area contributed by atoms with Crippen LogP contribution in [0, 0.1) is 0 Å². The summed E-state index contributed by atoms with van der Waals surface area (Å²) in [5, 5.41) is 0. The number of carbonyl (C=O) groups is 1. The first-order valence-corrected chi connectivity index (χ1v) is 8.62. The van der Waals surface area contributed by atoms with Crippen molar-refractivity contribution in [3.8, 4) is 17.5 Å². The van der Waals surface area contributed by atoms with Crippen molar-refractivity contribution in [1.29, 1.82) is 0 Å². The summed E-state index contributed by atoms with van der Waals surface area (Å²) < 4.78 is 16.2. The summed E-state index contributed by atoms with van der Waals surface area (Å²) in [6.07, 6.45) is 4.98. The molecule has 1 aromatic carbocycles. The van der Waals surface area contributed by atoms with Crippen molar-refractivity contribution in [2.45, 2.75) is 25.4 Å². The summed E-state index contributed by atoms with van der Waals surface area (Å²) in [5.74, 6) is 1.68. The molecule has 1 aromatic heterocycles. The maximum absolute atomic E-state index is 12.5. The van der Waals surface area contributed by atoms with E-state index < -0.39 is 0 Å². The number of methoxy groups -OCH3 is 2.